The highest BCUT2D eigenvalue weighted by Crippen LogP contribution is 2.29. The van der Waals surface area contributed by atoms with E-state index < -0.39 is 6.04 Å². The zero-order valence-corrected chi connectivity index (χ0v) is 12.4. The third-order valence-corrected chi connectivity index (χ3v) is 4.09. The van der Waals surface area contributed by atoms with Crippen LogP contribution in [0.3, 0.4) is 0 Å². The first-order valence-corrected chi connectivity index (χ1v) is 7.54. The van der Waals surface area contributed by atoms with Crippen molar-refractivity contribution in [2.24, 2.45) is 11.7 Å². The van der Waals surface area contributed by atoms with Crippen LogP contribution in [0.15, 0.2) is 0 Å². The fraction of sp³-hybridized carbons (Fsp3) is 0.857. The molecule has 1 heterocycles. The van der Waals surface area contributed by atoms with Crippen LogP contribution in [0.2, 0.25) is 0 Å². The summed E-state index contributed by atoms with van der Waals surface area (Å²) in [6, 6.07) is 0.416. The average Bonchev–Trinajstić information content (AvgIpc) is 3.16. The molecule has 0 bridgehead atoms. The summed E-state index contributed by atoms with van der Waals surface area (Å²) in [6.45, 7) is 5.79. The van der Waals surface area contributed by atoms with Gasteiger partial charge in [-0.3, -0.25) is 14.5 Å². The molecule has 6 heteroatoms. The molecule has 0 aromatic heterocycles. The van der Waals surface area contributed by atoms with Crippen LogP contribution in [0.1, 0.15) is 33.1 Å². The van der Waals surface area contributed by atoms with Gasteiger partial charge in [-0.05, 0) is 25.2 Å². The Morgan fingerprint density at radius 1 is 1.30 bits per heavy atom. The van der Waals surface area contributed by atoms with E-state index in [0.29, 0.717) is 0 Å². The molecular weight excluding hydrogens is 256 g/mol. The highest BCUT2D eigenvalue weighted by atomic mass is 16.2. The van der Waals surface area contributed by atoms with Gasteiger partial charge >= 0.3 is 0 Å². The first kappa shape index (κ1) is 15.3. The Morgan fingerprint density at radius 2 is 2.00 bits per heavy atom. The van der Waals surface area contributed by atoms with Crippen molar-refractivity contribution in [1.82, 2.24) is 15.5 Å². The summed E-state index contributed by atoms with van der Waals surface area (Å²) in [5.74, 6) is -0.321. The van der Waals surface area contributed by atoms with Crippen LogP contribution in [0, 0.1) is 5.92 Å². The highest BCUT2D eigenvalue weighted by molar-refractivity contribution is 5.87. The molecule has 114 valence electrons. The maximum Gasteiger partial charge on any atom is 0.239 e. The number of likely N-dealkylation sites (tertiary alicyclic amines) is 1. The third kappa shape index (κ3) is 4.18. The van der Waals surface area contributed by atoms with E-state index in [-0.39, 0.29) is 30.3 Å². The van der Waals surface area contributed by atoms with E-state index in [9.17, 15) is 9.59 Å². The van der Waals surface area contributed by atoms with Crippen LogP contribution < -0.4 is 16.4 Å². The summed E-state index contributed by atoms with van der Waals surface area (Å²) in [5.41, 5.74) is 5.72. The number of nitrogens with zero attached hydrogens (tertiary/aromatic N) is 1. The molecule has 1 aliphatic carbocycles. The van der Waals surface area contributed by atoms with Crippen LogP contribution >= 0.6 is 0 Å². The second-order valence-corrected chi connectivity index (χ2v) is 6.27. The van der Waals surface area contributed by atoms with Crippen LogP contribution in [-0.2, 0) is 9.59 Å². The summed E-state index contributed by atoms with van der Waals surface area (Å²) in [6.07, 6.45) is 3.59. The van der Waals surface area contributed by atoms with E-state index in [2.05, 4.69) is 15.5 Å². The summed E-state index contributed by atoms with van der Waals surface area (Å²) in [7, 11) is 0. The van der Waals surface area contributed by atoms with Crippen molar-refractivity contribution >= 4 is 11.8 Å². The summed E-state index contributed by atoms with van der Waals surface area (Å²) < 4.78 is 0. The molecule has 2 atom stereocenters. The Kier molecular flexibility index (Phi) is 4.99. The second kappa shape index (κ2) is 6.54. The lowest BCUT2D eigenvalue weighted by molar-refractivity contribution is -0.127. The van der Waals surface area contributed by atoms with Gasteiger partial charge < -0.3 is 16.4 Å². The third-order valence-electron chi connectivity index (χ3n) is 4.09. The summed E-state index contributed by atoms with van der Waals surface area (Å²) in [4.78, 5) is 25.9. The minimum Gasteiger partial charge on any atom is -0.350 e. The molecule has 1 aliphatic heterocycles. The number of nitrogens with one attached hydrogen (secondary N) is 2. The van der Waals surface area contributed by atoms with E-state index in [4.69, 9.17) is 5.73 Å². The van der Waals surface area contributed by atoms with Gasteiger partial charge in [0.15, 0.2) is 0 Å². The fourth-order valence-corrected chi connectivity index (χ4v) is 2.54. The Bertz CT molecular complexity index is 368. The SMILES string of the molecule is CC(C)[C@H](N)C(=O)NCC(=O)NC1CCN(C2CC2)C1. The van der Waals surface area contributed by atoms with Gasteiger partial charge in [0.1, 0.15) is 0 Å². The number of carbonyl (C=O) groups is 2. The van der Waals surface area contributed by atoms with Gasteiger partial charge in [0, 0.05) is 25.2 Å². The maximum atomic E-state index is 11.8. The number of amides is 2. The quantitative estimate of drug-likeness (QED) is 0.609. The molecule has 1 saturated heterocycles. The molecule has 0 radical (unpaired) electrons. The molecule has 0 aromatic carbocycles. The van der Waals surface area contributed by atoms with Crippen molar-refractivity contribution in [3.05, 3.63) is 0 Å². The normalized spacial score (nSPS) is 24.7. The van der Waals surface area contributed by atoms with Gasteiger partial charge in [-0.2, -0.15) is 0 Å². The standard InChI is InChI=1S/C14H26N4O2/c1-9(2)13(15)14(20)16-7-12(19)17-10-5-6-18(8-10)11-3-4-11/h9-11,13H,3-8,15H2,1-2H3,(H,16,20)(H,17,19)/t10?,13-/m0/s1. The van der Waals surface area contributed by atoms with Crippen molar-refractivity contribution in [2.45, 2.75) is 51.2 Å². The van der Waals surface area contributed by atoms with Crippen LogP contribution in [0.5, 0.6) is 0 Å². The molecule has 0 spiro atoms. The van der Waals surface area contributed by atoms with E-state index in [1.807, 2.05) is 13.8 Å². The highest BCUT2D eigenvalue weighted by Gasteiger charge is 2.34. The number of hydrogen-bond donors (Lipinski definition) is 3. The Morgan fingerprint density at radius 3 is 2.60 bits per heavy atom. The van der Waals surface area contributed by atoms with E-state index >= 15 is 0 Å². The molecule has 1 unspecified atom stereocenters. The minimum atomic E-state index is -0.556. The number of rotatable bonds is 6. The van der Waals surface area contributed by atoms with Gasteiger partial charge in [0.25, 0.3) is 0 Å². The second-order valence-electron chi connectivity index (χ2n) is 6.27. The predicted molar refractivity (Wildman–Crippen MR) is 77.0 cm³/mol. The number of carbonyl (C=O) groups excluding carboxylic acids is 2. The molecule has 2 amide bonds. The summed E-state index contributed by atoms with van der Waals surface area (Å²) in [5, 5.41) is 5.57. The molecule has 1 saturated carbocycles. The molecule has 2 fully saturated rings. The van der Waals surface area contributed by atoms with E-state index in [1.165, 1.54) is 12.8 Å². The van der Waals surface area contributed by atoms with Crippen LogP contribution in [0.4, 0.5) is 0 Å². The van der Waals surface area contributed by atoms with Crippen molar-refractivity contribution < 1.29 is 9.59 Å². The number of hydrogen-bond acceptors (Lipinski definition) is 4. The van der Waals surface area contributed by atoms with E-state index in [0.717, 1.165) is 25.6 Å². The Hall–Kier alpha value is -1.14. The van der Waals surface area contributed by atoms with Crippen LogP contribution in [-0.4, -0.2) is 54.5 Å². The summed E-state index contributed by atoms with van der Waals surface area (Å²) >= 11 is 0. The molecular formula is C14H26N4O2. The maximum absolute atomic E-state index is 11.8. The van der Waals surface area contributed by atoms with Crippen molar-refractivity contribution in [3.8, 4) is 0 Å². The van der Waals surface area contributed by atoms with Crippen LogP contribution in [0.25, 0.3) is 0 Å². The van der Waals surface area contributed by atoms with Crippen molar-refractivity contribution in [2.75, 3.05) is 19.6 Å². The minimum absolute atomic E-state index is 0.0131. The zero-order valence-electron chi connectivity index (χ0n) is 12.4. The van der Waals surface area contributed by atoms with Gasteiger partial charge in [0.05, 0.1) is 12.6 Å². The van der Waals surface area contributed by atoms with Crippen molar-refractivity contribution in [1.29, 1.82) is 0 Å². The fourth-order valence-electron chi connectivity index (χ4n) is 2.54. The zero-order chi connectivity index (χ0) is 14.7. The smallest absolute Gasteiger partial charge is 0.239 e. The van der Waals surface area contributed by atoms with Gasteiger partial charge in [-0.25, -0.2) is 0 Å². The topological polar surface area (TPSA) is 87.5 Å². The molecule has 2 aliphatic rings. The molecule has 2 rings (SSSR count). The van der Waals surface area contributed by atoms with Crippen molar-refractivity contribution in [3.63, 3.8) is 0 Å². The largest absolute Gasteiger partial charge is 0.350 e. The Balaban J connectivity index is 1.64. The lowest BCUT2D eigenvalue weighted by Crippen LogP contribution is -2.48. The van der Waals surface area contributed by atoms with E-state index in [1.54, 1.807) is 0 Å². The lowest BCUT2D eigenvalue weighted by Gasteiger charge is -2.17. The molecule has 0 aromatic rings. The Labute approximate surface area is 120 Å². The van der Waals surface area contributed by atoms with Gasteiger partial charge in [-0.1, -0.05) is 13.8 Å². The monoisotopic (exact) mass is 282 g/mol. The number of nitrogens with two attached hydrogens (primary N) is 1. The lowest BCUT2D eigenvalue weighted by atomic mass is 10.1. The first-order chi connectivity index (χ1) is 9.47. The van der Waals surface area contributed by atoms with Gasteiger partial charge in [-0.15, -0.1) is 0 Å². The first-order valence-electron chi connectivity index (χ1n) is 7.54. The predicted octanol–water partition coefficient (Wildman–Crippen LogP) is -0.561. The molecule has 20 heavy (non-hydrogen) atoms. The molecule has 4 N–H and O–H groups in total. The van der Waals surface area contributed by atoms with Gasteiger partial charge in [0.2, 0.25) is 11.8 Å². The molecule has 6 nitrogen and oxygen atoms in total. The average molecular weight is 282 g/mol.